The van der Waals surface area contributed by atoms with Crippen LogP contribution in [0.15, 0.2) is 200 Å². The lowest BCUT2D eigenvalue weighted by atomic mass is 9.91. The van der Waals surface area contributed by atoms with Crippen molar-refractivity contribution in [3.05, 3.63) is 200 Å². The molecule has 0 fully saturated rings. The molecule has 2 nitrogen and oxygen atoms in total. The highest BCUT2D eigenvalue weighted by Crippen LogP contribution is 2.51. The zero-order chi connectivity index (χ0) is 36.3. The van der Waals surface area contributed by atoms with E-state index in [1.54, 1.807) is 0 Å². The van der Waals surface area contributed by atoms with Crippen LogP contribution in [0, 0.1) is 0 Å². The van der Waals surface area contributed by atoms with Crippen LogP contribution in [0.5, 0.6) is 11.5 Å². The van der Waals surface area contributed by atoms with Crippen LogP contribution in [-0.4, -0.2) is 0 Å². The topological polar surface area (TPSA) is 12.5 Å². The van der Waals surface area contributed by atoms with Crippen molar-refractivity contribution in [2.24, 2.45) is 0 Å². The number of nitrogens with zero attached hydrogens (tertiary/aromatic N) is 1. The van der Waals surface area contributed by atoms with Gasteiger partial charge in [0.25, 0.3) is 0 Å². The van der Waals surface area contributed by atoms with Gasteiger partial charge in [0.2, 0.25) is 0 Å². The molecule has 0 saturated heterocycles. The molecule has 0 N–H and O–H groups in total. The van der Waals surface area contributed by atoms with Gasteiger partial charge < -0.3 is 9.64 Å². The summed E-state index contributed by atoms with van der Waals surface area (Å²) >= 11 is 1.87. The molecule has 1 aromatic heterocycles. The van der Waals surface area contributed by atoms with E-state index in [0.29, 0.717) is 0 Å². The predicted molar refractivity (Wildman–Crippen MR) is 233 cm³/mol. The summed E-state index contributed by atoms with van der Waals surface area (Å²) in [6, 6.07) is 72.0. The van der Waals surface area contributed by atoms with E-state index in [2.05, 4.69) is 199 Å². The molecule has 1 aliphatic heterocycles. The minimum Gasteiger partial charge on any atom is -0.456 e. The van der Waals surface area contributed by atoms with E-state index in [1.165, 1.54) is 53.6 Å². The second kappa shape index (κ2) is 12.9. The van der Waals surface area contributed by atoms with Gasteiger partial charge in [0.05, 0.1) is 5.69 Å². The molecule has 55 heavy (non-hydrogen) atoms. The number of hydrogen-bond donors (Lipinski definition) is 0. The molecule has 0 atom stereocenters. The Kier molecular flexibility index (Phi) is 7.39. The highest BCUT2D eigenvalue weighted by atomic mass is 32.1. The third-order valence-corrected chi connectivity index (χ3v) is 12.1. The van der Waals surface area contributed by atoms with Crippen molar-refractivity contribution in [1.82, 2.24) is 0 Å². The van der Waals surface area contributed by atoms with Crippen LogP contribution < -0.4 is 9.64 Å². The molecular weight excluding hydrogens is 687 g/mol. The minimum atomic E-state index is 0.862. The van der Waals surface area contributed by atoms with Crippen LogP contribution in [0.4, 0.5) is 17.1 Å². The minimum absolute atomic E-state index is 0.862. The Balaban J connectivity index is 1.09. The first-order valence-electron chi connectivity index (χ1n) is 18.7. The van der Waals surface area contributed by atoms with Crippen molar-refractivity contribution < 1.29 is 4.74 Å². The molecule has 0 spiro atoms. The summed E-state index contributed by atoms with van der Waals surface area (Å²) in [7, 11) is 0. The first kappa shape index (κ1) is 31.6. The van der Waals surface area contributed by atoms with Crippen molar-refractivity contribution in [1.29, 1.82) is 0 Å². The Labute approximate surface area is 323 Å². The van der Waals surface area contributed by atoms with Crippen molar-refractivity contribution in [2.45, 2.75) is 0 Å². The van der Waals surface area contributed by atoms with Gasteiger partial charge in [0, 0.05) is 48.1 Å². The zero-order valence-electron chi connectivity index (χ0n) is 29.8. The normalized spacial score (nSPS) is 11.8. The lowest BCUT2D eigenvalue weighted by Gasteiger charge is -2.28. The number of ether oxygens (including phenoxy) is 1. The summed E-state index contributed by atoms with van der Waals surface area (Å²) in [5.74, 6) is 1.73. The van der Waals surface area contributed by atoms with Crippen molar-refractivity contribution in [2.75, 3.05) is 4.90 Å². The highest BCUT2D eigenvalue weighted by Gasteiger charge is 2.24. The third-order valence-electron chi connectivity index (χ3n) is 10.9. The van der Waals surface area contributed by atoms with Crippen molar-refractivity contribution >= 4 is 59.3 Å². The monoisotopic (exact) mass is 719 g/mol. The van der Waals surface area contributed by atoms with Crippen LogP contribution in [0.1, 0.15) is 0 Å². The molecule has 0 aliphatic carbocycles. The van der Waals surface area contributed by atoms with Crippen LogP contribution in [0.2, 0.25) is 0 Å². The van der Waals surface area contributed by atoms with E-state index in [4.69, 9.17) is 4.74 Å². The molecule has 2 heterocycles. The van der Waals surface area contributed by atoms with Crippen LogP contribution in [0.3, 0.4) is 0 Å². The lowest BCUT2D eigenvalue weighted by molar-refractivity contribution is 0.488. The van der Waals surface area contributed by atoms with Crippen LogP contribution in [-0.2, 0) is 0 Å². The average molecular weight is 720 g/mol. The lowest BCUT2D eigenvalue weighted by Crippen LogP contribution is -2.10. The Morgan fingerprint density at radius 1 is 0.345 bits per heavy atom. The van der Waals surface area contributed by atoms with Gasteiger partial charge in [0.1, 0.15) is 11.5 Å². The molecule has 1 aliphatic rings. The van der Waals surface area contributed by atoms with Gasteiger partial charge in [-0.15, -0.1) is 11.3 Å². The van der Waals surface area contributed by atoms with Gasteiger partial charge in [-0.25, -0.2) is 0 Å². The van der Waals surface area contributed by atoms with Crippen LogP contribution in [0.25, 0.3) is 75.5 Å². The van der Waals surface area contributed by atoms with Gasteiger partial charge in [-0.2, -0.15) is 0 Å². The maximum atomic E-state index is 6.71. The van der Waals surface area contributed by atoms with E-state index in [1.807, 2.05) is 17.4 Å². The second-order valence-corrected chi connectivity index (χ2v) is 15.1. The summed E-state index contributed by atoms with van der Waals surface area (Å²) in [6.07, 6.45) is 0. The van der Waals surface area contributed by atoms with Gasteiger partial charge in [-0.05, 0) is 93.4 Å². The molecule has 0 bridgehead atoms. The molecule has 3 heteroatoms. The maximum absolute atomic E-state index is 6.71. The fourth-order valence-electron chi connectivity index (χ4n) is 8.34. The van der Waals surface area contributed by atoms with Crippen LogP contribution >= 0.6 is 11.3 Å². The Morgan fingerprint density at radius 2 is 0.945 bits per heavy atom. The van der Waals surface area contributed by atoms with Gasteiger partial charge in [-0.3, -0.25) is 0 Å². The number of para-hydroxylation sites is 1. The summed E-state index contributed by atoms with van der Waals surface area (Å²) in [6.45, 7) is 0. The summed E-state index contributed by atoms with van der Waals surface area (Å²) < 4.78 is 9.35. The van der Waals surface area contributed by atoms with E-state index < -0.39 is 0 Å². The fourth-order valence-corrected chi connectivity index (χ4v) is 9.58. The smallest absolute Gasteiger partial charge is 0.135 e. The number of hydrogen-bond acceptors (Lipinski definition) is 3. The highest BCUT2D eigenvalue weighted by molar-refractivity contribution is 7.26. The van der Waals surface area contributed by atoms with E-state index in [-0.39, 0.29) is 0 Å². The summed E-state index contributed by atoms with van der Waals surface area (Å²) in [5.41, 5.74) is 12.7. The standard InChI is InChI=1S/C52H33NOS/c1-2-12-34(13-3-1)35-24-28-37(29-25-35)53(38-30-26-36(27-31-38)39-18-10-20-46-43-16-7-9-23-50(43)55-52(39)46)47-21-11-19-45-41(47)32-33-49-51(45)44-17-5-4-14-40(44)42-15-6-8-22-48(42)54-49/h1-33H. The maximum Gasteiger partial charge on any atom is 0.135 e. The molecule has 0 saturated carbocycles. The Hall–Kier alpha value is -6.94. The Morgan fingerprint density at radius 3 is 1.76 bits per heavy atom. The summed E-state index contributed by atoms with van der Waals surface area (Å²) in [5, 5.41) is 4.92. The molecule has 0 radical (unpaired) electrons. The second-order valence-electron chi connectivity index (χ2n) is 14.0. The van der Waals surface area contributed by atoms with Gasteiger partial charge >= 0.3 is 0 Å². The molecule has 11 rings (SSSR count). The molecule has 9 aromatic carbocycles. The van der Waals surface area contributed by atoms with Crippen molar-refractivity contribution in [3.8, 4) is 56.0 Å². The number of thiophene rings is 1. The SMILES string of the molecule is c1ccc(-c2ccc(N(c3ccc(-c4cccc5c4sc4ccccc45)cc3)c3cccc4c5c(ccc34)Oc3ccccc3-c3ccccc3-5)cc2)cc1. The fraction of sp³-hybridized carbons (Fsp3) is 0. The largest absolute Gasteiger partial charge is 0.456 e. The van der Waals surface area contributed by atoms with Gasteiger partial charge in [-0.1, -0.05) is 146 Å². The first-order valence-corrected chi connectivity index (χ1v) is 19.5. The number of benzene rings is 9. The average Bonchev–Trinajstić information content (AvgIpc) is 3.57. The summed E-state index contributed by atoms with van der Waals surface area (Å²) in [4.78, 5) is 2.39. The molecule has 10 aromatic rings. The van der Waals surface area contributed by atoms with E-state index in [9.17, 15) is 0 Å². The van der Waals surface area contributed by atoms with E-state index in [0.717, 1.165) is 50.5 Å². The molecule has 258 valence electrons. The number of anilines is 3. The van der Waals surface area contributed by atoms with E-state index >= 15 is 0 Å². The zero-order valence-corrected chi connectivity index (χ0v) is 30.6. The van der Waals surface area contributed by atoms with Gasteiger partial charge in [0.15, 0.2) is 0 Å². The molecule has 0 amide bonds. The quantitative estimate of drug-likeness (QED) is 0.176. The number of fused-ring (bicyclic) bond motifs is 10. The first-order chi connectivity index (χ1) is 27.3. The van der Waals surface area contributed by atoms with Crippen molar-refractivity contribution in [3.63, 3.8) is 0 Å². The predicted octanol–water partition coefficient (Wildman–Crippen LogP) is 15.5. The molecule has 0 unspecified atom stereocenters. The molecular formula is C52H33NOS. The Bertz CT molecular complexity index is 3050. The third kappa shape index (κ3) is 5.24. The number of rotatable bonds is 5.